The number of ether oxygens (including phenoxy) is 1. The topological polar surface area (TPSA) is 105 Å². The zero-order valence-electron chi connectivity index (χ0n) is 14.3. The normalized spacial score (nSPS) is 24.5. The summed E-state index contributed by atoms with van der Waals surface area (Å²) in [5.41, 5.74) is -1.67. The maximum absolute atomic E-state index is 13.2. The van der Waals surface area contributed by atoms with Gasteiger partial charge in [0.15, 0.2) is 5.78 Å². The van der Waals surface area contributed by atoms with E-state index in [1.54, 1.807) is 54.6 Å². The lowest BCUT2D eigenvalue weighted by Gasteiger charge is -2.42. The molecule has 0 bridgehead atoms. The number of methoxy groups -OCH3 is 1. The van der Waals surface area contributed by atoms with Crippen molar-refractivity contribution in [3.05, 3.63) is 70.2 Å². The van der Waals surface area contributed by atoms with E-state index >= 15 is 0 Å². The Morgan fingerprint density at radius 2 is 1.85 bits per heavy atom. The van der Waals surface area contributed by atoms with Crippen molar-refractivity contribution in [3.8, 4) is 0 Å². The Hall–Kier alpha value is -2.71. The van der Waals surface area contributed by atoms with Gasteiger partial charge >= 0.3 is 12.0 Å². The molecule has 1 aliphatic heterocycles. The number of carbonyl (C=O) groups is 3. The summed E-state index contributed by atoms with van der Waals surface area (Å²) >= 11 is 3.35. The second-order valence-corrected chi connectivity index (χ2v) is 7.01. The van der Waals surface area contributed by atoms with Crippen LogP contribution in [0, 0.1) is 5.92 Å². The number of amides is 2. The Bertz CT molecular complexity index is 889. The van der Waals surface area contributed by atoms with Crippen LogP contribution in [0.5, 0.6) is 0 Å². The van der Waals surface area contributed by atoms with Crippen molar-refractivity contribution in [2.75, 3.05) is 7.11 Å². The molecule has 1 heterocycles. The van der Waals surface area contributed by atoms with E-state index in [1.807, 2.05) is 0 Å². The number of nitrogens with one attached hydrogen (secondary N) is 2. The van der Waals surface area contributed by atoms with Gasteiger partial charge in [-0.1, -0.05) is 58.4 Å². The number of Topliss-reactive ketones (excluding diaryl/α,β-unsaturated/α-hetero) is 1. The second-order valence-electron chi connectivity index (χ2n) is 6.10. The van der Waals surface area contributed by atoms with Crippen molar-refractivity contribution < 1.29 is 24.2 Å². The van der Waals surface area contributed by atoms with Crippen molar-refractivity contribution in [2.45, 2.75) is 11.8 Å². The Labute approximate surface area is 163 Å². The first kappa shape index (κ1) is 19.1. The van der Waals surface area contributed by atoms with Crippen molar-refractivity contribution in [3.63, 3.8) is 0 Å². The van der Waals surface area contributed by atoms with E-state index in [0.29, 0.717) is 11.1 Å². The van der Waals surface area contributed by atoms with Crippen LogP contribution in [0.1, 0.15) is 22.0 Å². The van der Waals surface area contributed by atoms with Gasteiger partial charge in [-0.2, -0.15) is 0 Å². The second kappa shape index (κ2) is 7.50. The zero-order valence-corrected chi connectivity index (χ0v) is 15.9. The highest BCUT2D eigenvalue weighted by Gasteiger charge is 2.57. The molecule has 1 saturated heterocycles. The predicted molar refractivity (Wildman–Crippen MR) is 99.8 cm³/mol. The predicted octanol–water partition coefficient (Wildman–Crippen LogP) is 2.16. The van der Waals surface area contributed by atoms with Crippen molar-refractivity contribution in [2.24, 2.45) is 5.92 Å². The largest absolute Gasteiger partial charge is 0.465 e. The number of urea groups is 1. The lowest BCUT2D eigenvalue weighted by atomic mass is 9.77. The number of esters is 1. The number of hydrogen-bond donors (Lipinski definition) is 3. The van der Waals surface area contributed by atoms with Crippen molar-refractivity contribution in [1.29, 1.82) is 0 Å². The smallest absolute Gasteiger partial charge is 0.360 e. The standard InChI is InChI=1S/C19H17BrN2O5/c1-27-17(24)19(26)14(16(23)11-6-3-2-4-7-11)15(21-18(25)22-19)12-8-5-9-13(20)10-12/h2-10,14-15,26H,1H3,(H2,21,22,25). The van der Waals surface area contributed by atoms with Crippen LogP contribution >= 0.6 is 15.9 Å². The minimum atomic E-state index is -2.52. The molecule has 0 aliphatic carbocycles. The molecule has 3 atom stereocenters. The fourth-order valence-corrected chi connectivity index (χ4v) is 3.60. The molecule has 0 radical (unpaired) electrons. The number of carbonyl (C=O) groups excluding carboxylic acids is 3. The number of halogens is 1. The van der Waals surface area contributed by atoms with Gasteiger partial charge in [0.2, 0.25) is 0 Å². The van der Waals surface area contributed by atoms with Gasteiger partial charge in [-0.05, 0) is 17.7 Å². The van der Waals surface area contributed by atoms with E-state index in [4.69, 9.17) is 0 Å². The van der Waals surface area contributed by atoms with E-state index in [0.717, 1.165) is 11.6 Å². The fourth-order valence-electron chi connectivity index (χ4n) is 3.19. The molecule has 2 aromatic carbocycles. The average molecular weight is 433 g/mol. The van der Waals surface area contributed by atoms with Gasteiger partial charge in [0.25, 0.3) is 5.72 Å². The van der Waals surface area contributed by atoms with Gasteiger partial charge < -0.3 is 15.2 Å². The van der Waals surface area contributed by atoms with Crippen LogP contribution in [0.4, 0.5) is 4.79 Å². The number of aliphatic hydroxyl groups is 1. The lowest BCUT2D eigenvalue weighted by molar-refractivity contribution is -0.172. The molecule has 3 N–H and O–H groups in total. The molecular formula is C19H17BrN2O5. The quantitative estimate of drug-likeness (QED) is 0.507. The summed E-state index contributed by atoms with van der Waals surface area (Å²) in [6.45, 7) is 0. The molecule has 0 saturated carbocycles. The third-order valence-electron chi connectivity index (χ3n) is 4.42. The van der Waals surface area contributed by atoms with E-state index in [9.17, 15) is 19.5 Å². The number of ketones is 1. The highest BCUT2D eigenvalue weighted by Crippen LogP contribution is 2.36. The summed E-state index contributed by atoms with van der Waals surface area (Å²) in [4.78, 5) is 37.7. The van der Waals surface area contributed by atoms with Crippen molar-refractivity contribution in [1.82, 2.24) is 10.6 Å². The third kappa shape index (κ3) is 3.58. The molecule has 0 spiro atoms. The molecule has 3 rings (SSSR count). The number of benzene rings is 2. The van der Waals surface area contributed by atoms with E-state index in [2.05, 4.69) is 31.3 Å². The monoisotopic (exact) mass is 432 g/mol. The molecule has 27 heavy (non-hydrogen) atoms. The molecule has 140 valence electrons. The molecule has 1 fully saturated rings. The molecule has 0 aromatic heterocycles. The first-order valence-corrected chi connectivity index (χ1v) is 8.90. The highest BCUT2D eigenvalue weighted by atomic mass is 79.9. The molecule has 1 aliphatic rings. The lowest BCUT2D eigenvalue weighted by Crippen LogP contribution is -2.70. The fraction of sp³-hybridized carbons (Fsp3) is 0.211. The maximum atomic E-state index is 13.2. The van der Waals surface area contributed by atoms with Gasteiger partial charge in [0, 0.05) is 10.0 Å². The summed E-state index contributed by atoms with van der Waals surface area (Å²) < 4.78 is 5.39. The Morgan fingerprint density at radius 3 is 2.48 bits per heavy atom. The summed E-state index contributed by atoms with van der Waals surface area (Å²) in [7, 11) is 1.08. The molecule has 7 nitrogen and oxygen atoms in total. The van der Waals surface area contributed by atoms with Gasteiger partial charge in [-0.25, -0.2) is 9.59 Å². The average Bonchev–Trinajstić information content (AvgIpc) is 2.67. The van der Waals surface area contributed by atoms with Crippen LogP contribution in [0.25, 0.3) is 0 Å². The first-order chi connectivity index (χ1) is 12.9. The van der Waals surface area contributed by atoms with E-state index in [-0.39, 0.29) is 0 Å². The summed E-state index contributed by atoms with van der Waals surface area (Å²) in [5.74, 6) is -2.98. The molecule has 2 amide bonds. The van der Waals surface area contributed by atoms with Gasteiger partial charge in [0.05, 0.1) is 13.2 Å². The summed E-state index contributed by atoms with van der Waals surface area (Å²) in [5, 5.41) is 15.8. The SMILES string of the molecule is COC(=O)C1(O)NC(=O)NC(c2cccc(Br)c2)C1C(=O)c1ccccc1. The minimum absolute atomic E-state index is 0.294. The summed E-state index contributed by atoms with van der Waals surface area (Å²) in [6, 6.07) is 13.4. The number of rotatable bonds is 4. The van der Waals surface area contributed by atoms with Gasteiger partial charge in [0.1, 0.15) is 5.92 Å². The van der Waals surface area contributed by atoms with E-state index in [1.165, 1.54) is 0 Å². The molecule has 2 aromatic rings. The molecular weight excluding hydrogens is 416 g/mol. The van der Waals surface area contributed by atoms with E-state index < -0.39 is 35.5 Å². The van der Waals surface area contributed by atoms with Crippen molar-refractivity contribution >= 4 is 33.7 Å². The first-order valence-electron chi connectivity index (χ1n) is 8.11. The Morgan fingerprint density at radius 1 is 1.15 bits per heavy atom. The Kier molecular flexibility index (Phi) is 5.29. The number of hydrogen-bond acceptors (Lipinski definition) is 5. The molecule has 3 unspecified atom stereocenters. The van der Waals surface area contributed by atoms with Gasteiger partial charge in [-0.3, -0.25) is 10.1 Å². The Balaban J connectivity index is 2.15. The minimum Gasteiger partial charge on any atom is -0.465 e. The molecule has 8 heteroatoms. The van der Waals surface area contributed by atoms with Crippen LogP contribution in [-0.2, 0) is 9.53 Å². The maximum Gasteiger partial charge on any atom is 0.360 e. The summed E-state index contributed by atoms with van der Waals surface area (Å²) in [6.07, 6.45) is 0. The van der Waals surface area contributed by atoms with Crippen LogP contribution in [0.3, 0.4) is 0 Å². The zero-order chi connectivity index (χ0) is 19.6. The highest BCUT2D eigenvalue weighted by molar-refractivity contribution is 9.10. The van der Waals surface area contributed by atoms with Crippen LogP contribution in [-0.4, -0.2) is 35.7 Å². The third-order valence-corrected chi connectivity index (χ3v) is 4.91. The van der Waals surface area contributed by atoms with Gasteiger partial charge in [-0.15, -0.1) is 0 Å². The van der Waals surface area contributed by atoms with Crippen LogP contribution < -0.4 is 10.6 Å². The van der Waals surface area contributed by atoms with Crippen LogP contribution in [0.2, 0.25) is 0 Å². The van der Waals surface area contributed by atoms with Crippen LogP contribution in [0.15, 0.2) is 59.1 Å².